The van der Waals surface area contributed by atoms with Gasteiger partial charge in [0.05, 0.1) is 25.2 Å². The Morgan fingerprint density at radius 3 is 2.40 bits per heavy atom. The van der Waals surface area contributed by atoms with Crippen LogP contribution in [0.15, 0.2) is 59.6 Å². The number of ether oxygens (including phenoxy) is 1. The molecule has 0 fully saturated rings. The maximum absolute atomic E-state index is 11.5. The normalized spacial score (nSPS) is 12.6. The van der Waals surface area contributed by atoms with Crippen molar-refractivity contribution in [1.29, 1.82) is 0 Å². The molecule has 1 atom stereocenters. The lowest BCUT2D eigenvalue weighted by atomic mass is 10.2. The molecule has 2 aromatic carbocycles. The lowest BCUT2D eigenvalue weighted by Gasteiger charge is -2.17. The lowest BCUT2D eigenvalue weighted by Crippen LogP contribution is -2.39. The topological polar surface area (TPSA) is 91.8 Å². The smallest absolute Gasteiger partial charge is 0.229 e. The zero-order chi connectivity index (χ0) is 21.1. The van der Waals surface area contributed by atoms with Gasteiger partial charge in [-0.2, -0.15) is 0 Å². The predicted molar refractivity (Wildman–Crippen MR) is 134 cm³/mol. The van der Waals surface area contributed by atoms with Crippen molar-refractivity contribution in [3.63, 3.8) is 0 Å². The molecule has 0 aliphatic carbocycles. The van der Waals surface area contributed by atoms with Crippen LogP contribution in [0.3, 0.4) is 0 Å². The number of aliphatic imine (C=N–C) groups is 1. The number of nitrogens with zero attached hydrogens (tertiary/aromatic N) is 1. The summed E-state index contributed by atoms with van der Waals surface area (Å²) >= 11 is 0. The zero-order valence-corrected chi connectivity index (χ0v) is 20.7. The van der Waals surface area contributed by atoms with Crippen LogP contribution in [0.1, 0.15) is 18.1 Å². The number of anilines is 1. The van der Waals surface area contributed by atoms with Crippen LogP contribution in [0.2, 0.25) is 0 Å². The molecular formula is C21H31IN4O3S. The molecule has 0 aliphatic heterocycles. The van der Waals surface area contributed by atoms with Gasteiger partial charge in [0.25, 0.3) is 0 Å². The van der Waals surface area contributed by atoms with E-state index in [1.807, 2.05) is 42.5 Å². The number of para-hydroxylation sites is 1. The number of halogens is 1. The first kappa shape index (κ1) is 26.2. The molecule has 0 aromatic heterocycles. The van der Waals surface area contributed by atoms with Crippen LogP contribution < -0.4 is 15.4 Å². The second kappa shape index (κ2) is 13.5. The minimum absolute atomic E-state index is 0. The van der Waals surface area contributed by atoms with E-state index in [1.165, 1.54) is 0 Å². The first-order valence-electron chi connectivity index (χ1n) is 9.49. The van der Waals surface area contributed by atoms with Crippen LogP contribution in [-0.2, 0) is 27.9 Å². The van der Waals surface area contributed by atoms with Crippen LogP contribution >= 0.6 is 24.0 Å². The van der Waals surface area contributed by atoms with Crippen LogP contribution in [0.25, 0.3) is 0 Å². The highest BCUT2D eigenvalue weighted by molar-refractivity contribution is 14.0. The average Bonchev–Trinajstić information content (AvgIpc) is 2.69. The van der Waals surface area contributed by atoms with Gasteiger partial charge in [-0.05, 0) is 23.1 Å². The van der Waals surface area contributed by atoms with Crippen LogP contribution in [0, 0.1) is 5.92 Å². The van der Waals surface area contributed by atoms with Crippen LogP contribution in [0.5, 0.6) is 0 Å². The number of hydrogen-bond acceptors (Lipinski definition) is 4. The van der Waals surface area contributed by atoms with Crippen molar-refractivity contribution < 1.29 is 13.2 Å². The van der Waals surface area contributed by atoms with Gasteiger partial charge in [0.2, 0.25) is 10.0 Å². The largest absolute Gasteiger partial charge is 0.376 e. The van der Waals surface area contributed by atoms with E-state index in [-0.39, 0.29) is 24.0 Å². The van der Waals surface area contributed by atoms with Gasteiger partial charge in [-0.25, -0.2) is 8.42 Å². The third kappa shape index (κ3) is 10.3. The van der Waals surface area contributed by atoms with Gasteiger partial charge >= 0.3 is 0 Å². The Morgan fingerprint density at radius 2 is 1.73 bits per heavy atom. The summed E-state index contributed by atoms with van der Waals surface area (Å²) in [6, 6.07) is 17.4. The van der Waals surface area contributed by atoms with Crippen LogP contribution in [0.4, 0.5) is 5.69 Å². The quantitative estimate of drug-likeness (QED) is 0.242. The monoisotopic (exact) mass is 546 g/mol. The Morgan fingerprint density at radius 1 is 1.07 bits per heavy atom. The van der Waals surface area contributed by atoms with E-state index in [0.717, 1.165) is 17.4 Å². The van der Waals surface area contributed by atoms with Gasteiger partial charge in [-0.3, -0.25) is 9.71 Å². The third-order valence-corrected chi connectivity index (χ3v) is 4.71. The Bertz CT molecular complexity index is 892. The van der Waals surface area contributed by atoms with Gasteiger partial charge in [-0.15, -0.1) is 24.0 Å². The molecule has 30 heavy (non-hydrogen) atoms. The first-order valence-corrected chi connectivity index (χ1v) is 11.4. The van der Waals surface area contributed by atoms with Crippen molar-refractivity contribution in [2.75, 3.05) is 31.2 Å². The second-order valence-electron chi connectivity index (χ2n) is 6.94. The minimum Gasteiger partial charge on any atom is -0.376 e. The van der Waals surface area contributed by atoms with E-state index in [4.69, 9.17) is 4.74 Å². The number of hydrogen-bond donors (Lipinski definition) is 3. The van der Waals surface area contributed by atoms with E-state index in [2.05, 4.69) is 27.3 Å². The Labute approximate surface area is 196 Å². The van der Waals surface area contributed by atoms with Gasteiger partial charge < -0.3 is 15.4 Å². The SMILES string of the molecule is CN=C(NCc1ccccc1NS(C)(=O)=O)NCC(C)COCc1ccccc1.I. The summed E-state index contributed by atoms with van der Waals surface area (Å²) in [5, 5.41) is 6.49. The highest BCUT2D eigenvalue weighted by Crippen LogP contribution is 2.15. The number of sulfonamides is 1. The fraction of sp³-hybridized carbons (Fsp3) is 0.381. The molecule has 2 rings (SSSR count). The number of rotatable bonds is 10. The van der Waals surface area contributed by atoms with E-state index < -0.39 is 10.0 Å². The summed E-state index contributed by atoms with van der Waals surface area (Å²) in [6.45, 7) is 4.49. The minimum atomic E-state index is -3.33. The van der Waals surface area contributed by atoms with Gasteiger partial charge in [0.15, 0.2) is 5.96 Å². The molecule has 0 bridgehead atoms. The average molecular weight is 546 g/mol. The molecule has 7 nitrogen and oxygen atoms in total. The fourth-order valence-electron chi connectivity index (χ4n) is 2.66. The second-order valence-corrected chi connectivity index (χ2v) is 8.69. The fourth-order valence-corrected chi connectivity index (χ4v) is 3.25. The third-order valence-electron chi connectivity index (χ3n) is 4.11. The number of benzene rings is 2. The summed E-state index contributed by atoms with van der Waals surface area (Å²) in [4.78, 5) is 4.22. The molecule has 0 heterocycles. The highest BCUT2D eigenvalue weighted by atomic mass is 127. The van der Waals surface area contributed by atoms with Crippen molar-refractivity contribution in [3.05, 3.63) is 65.7 Å². The maximum atomic E-state index is 11.5. The van der Waals surface area contributed by atoms with E-state index in [9.17, 15) is 8.42 Å². The molecule has 0 radical (unpaired) electrons. The molecule has 0 saturated carbocycles. The Balaban J connectivity index is 0.00000450. The van der Waals surface area contributed by atoms with Crippen molar-refractivity contribution >= 4 is 45.6 Å². The molecule has 3 N–H and O–H groups in total. The van der Waals surface area contributed by atoms with Crippen molar-refractivity contribution in [1.82, 2.24) is 10.6 Å². The van der Waals surface area contributed by atoms with Crippen LogP contribution in [-0.4, -0.2) is 40.8 Å². The number of guanidine groups is 1. The lowest BCUT2D eigenvalue weighted by molar-refractivity contribution is 0.0931. The molecule has 9 heteroatoms. The van der Waals surface area contributed by atoms with Gasteiger partial charge in [0, 0.05) is 20.1 Å². The van der Waals surface area contributed by atoms with Crippen molar-refractivity contribution in [2.45, 2.75) is 20.1 Å². The molecule has 0 amide bonds. The summed E-state index contributed by atoms with van der Waals surface area (Å²) in [7, 11) is -1.63. The molecule has 0 saturated heterocycles. The molecule has 0 aliphatic rings. The Kier molecular flexibility index (Phi) is 11.7. The van der Waals surface area contributed by atoms with Gasteiger partial charge in [0.1, 0.15) is 0 Å². The zero-order valence-electron chi connectivity index (χ0n) is 17.6. The van der Waals surface area contributed by atoms with Gasteiger partial charge in [-0.1, -0.05) is 55.5 Å². The van der Waals surface area contributed by atoms with E-state index in [0.29, 0.717) is 43.9 Å². The molecule has 2 aromatic rings. The summed E-state index contributed by atoms with van der Waals surface area (Å²) in [6.07, 6.45) is 1.14. The molecule has 0 spiro atoms. The molecule has 1 unspecified atom stereocenters. The standard InChI is InChI=1S/C21H30N4O3S.HI/c1-17(15-28-16-18-9-5-4-6-10-18)13-23-21(22-2)24-14-19-11-7-8-12-20(19)25-29(3,26)27;/h4-12,17,25H,13-16H2,1-3H3,(H2,22,23,24);1H. The van der Waals surface area contributed by atoms with E-state index >= 15 is 0 Å². The molecular weight excluding hydrogens is 515 g/mol. The highest BCUT2D eigenvalue weighted by Gasteiger charge is 2.09. The summed E-state index contributed by atoms with van der Waals surface area (Å²) < 4.78 is 31.4. The Hall–Kier alpha value is -1.85. The predicted octanol–water partition coefficient (Wildman–Crippen LogP) is 3.19. The first-order chi connectivity index (χ1) is 13.9. The number of nitrogens with one attached hydrogen (secondary N) is 3. The maximum Gasteiger partial charge on any atom is 0.229 e. The summed E-state index contributed by atoms with van der Waals surface area (Å²) in [5.41, 5.74) is 2.55. The van der Waals surface area contributed by atoms with Crippen molar-refractivity contribution in [2.24, 2.45) is 10.9 Å². The van der Waals surface area contributed by atoms with E-state index in [1.54, 1.807) is 19.2 Å². The van der Waals surface area contributed by atoms with Crippen molar-refractivity contribution in [3.8, 4) is 0 Å². The molecule has 166 valence electrons. The summed E-state index contributed by atoms with van der Waals surface area (Å²) in [5.74, 6) is 0.950.